The van der Waals surface area contributed by atoms with Gasteiger partial charge < -0.3 is 9.05 Å². The van der Waals surface area contributed by atoms with E-state index in [1.54, 1.807) is 22.5 Å². The highest BCUT2D eigenvalue weighted by atomic mass is 32.2. The predicted octanol–water partition coefficient (Wildman–Crippen LogP) is 3.35. The minimum absolute atomic E-state index is 0.314. The second-order valence-corrected chi connectivity index (χ2v) is 10.7. The topological polar surface area (TPSA) is 106 Å². The summed E-state index contributed by atoms with van der Waals surface area (Å²) in [4.78, 5) is 7.41. The Labute approximate surface area is 189 Å². The molecule has 5 rings (SSSR count). The molecule has 1 aromatic carbocycles. The Morgan fingerprint density at radius 3 is 2.66 bits per heavy atom. The van der Waals surface area contributed by atoms with Crippen LogP contribution in [0.1, 0.15) is 12.2 Å². The van der Waals surface area contributed by atoms with E-state index in [9.17, 15) is 8.42 Å². The van der Waals surface area contributed by atoms with Crippen LogP contribution in [-0.2, 0) is 16.6 Å². The van der Waals surface area contributed by atoms with Gasteiger partial charge in [0.1, 0.15) is 16.2 Å². The first-order chi connectivity index (χ1) is 15.6. The molecule has 0 bridgehead atoms. The fraction of sp³-hybridized carbons (Fsp3) is 0.286. The summed E-state index contributed by atoms with van der Waals surface area (Å²) in [5, 5.41) is 7.97. The van der Waals surface area contributed by atoms with Gasteiger partial charge in [0, 0.05) is 31.3 Å². The summed E-state index contributed by atoms with van der Waals surface area (Å²) in [7, 11) is -3.57. The predicted molar refractivity (Wildman–Crippen MR) is 118 cm³/mol. The molecule has 9 nitrogen and oxygen atoms in total. The van der Waals surface area contributed by atoms with Crippen LogP contribution in [0.3, 0.4) is 0 Å². The Bertz CT molecular complexity index is 1270. The van der Waals surface area contributed by atoms with E-state index >= 15 is 0 Å². The average Bonchev–Trinajstić information content (AvgIpc) is 3.55. The van der Waals surface area contributed by atoms with Crippen molar-refractivity contribution in [3.05, 3.63) is 60.6 Å². The van der Waals surface area contributed by atoms with Gasteiger partial charge >= 0.3 is 0 Å². The third kappa shape index (κ3) is 4.37. The largest absolute Gasteiger partial charge is 0.364 e. The van der Waals surface area contributed by atoms with Crippen molar-refractivity contribution in [1.82, 2.24) is 24.5 Å². The molecule has 1 fully saturated rings. The maximum atomic E-state index is 13.2. The SMILES string of the molecule is O=S(=O)(c1ccc(-c2ccon2)s1)N1CCCN(Cc2noc(-c3ccccc3)n2)CC1. The van der Waals surface area contributed by atoms with E-state index in [0.717, 1.165) is 23.4 Å². The minimum Gasteiger partial charge on any atom is -0.364 e. The first-order valence-corrected chi connectivity index (χ1v) is 12.5. The van der Waals surface area contributed by atoms with Crippen LogP contribution in [-0.4, -0.2) is 59.1 Å². The smallest absolute Gasteiger partial charge is 0.257 e. The second kappa shape index (κ2) is 8.94. The van der Waals surface area contributed by atoms with Crippen LogP contribution < -0.4 is 0 Å². The molecule has 0 amide bonds. The van der Waals surface area contributed by atoms with Gasteiger partial charge in [-0.25, -0.2) is 8.42 Å². The molecule has 0 radical (unpaired) electrons. The van der Waals surface area contributed by atoms with Crippen molar-refractivity contribution >= 4 is 21.4 Å². The van der Waals surface area contributed by atoms with Crippen LogP contribution in [0, 0.1) is 0 Å². The van der Waals surface area contributed by atoms with E-state index in [1.165, 1.54) is 17.6 Å². The van der Waals surface area contributed by atoms with Gasteiger partial charge in [0.2, 0.25) is 0 Å². The highest BCUT2D eigenvalue weighted by Gasteiger charge is 2.29. The molecule has 0 spiro atoms. The zero-order valence-electron chi connectivity index (χ0n) is 17.1. The van der Waals surface area contributed by atoms with Crippen LogP contribution in [0.2, 0.25) is 0 Å². The lowest BCUT2D eigenvalue weighted by molar-refractivity contribution is 0.267. The number of thiophene rings is 1. The summed E-state index contributed by atoms with van der Waals surface area (Å²) in [6.07, 6.45) is 2.20. The van der Waals surface area contributed by atoms with E-state index in [0.29, 0.717) is 47.8 Å². The van der Waals surface area contributed by atoms with Crippen molar-refractivity contribution in [3.8, 4) is 22.0 Å². The summed E-state index contributed by atoms with van der Waals surface area (Å²) in [5.74, 6) is 1.08. The molecule has 0 aliphatic carbocycles. The summed E-state index contributed by atoms with van der Waals surface area (Å²) in [6, 6.07) is 14.7. The molecular formula is C21H21N5O4S2. The molecule has 0 atom stereocenters. The van der Waals surface area contributed by atoms with Gasteiger partial charge in [0.25, 0.3) is 15.9 Å². The molecule has 0 N–H and O–H groups in total. The van der Waals surface area contributed by atoms with Crippen molar-refractivity contribution in [1.29, 1.82) is 0 Å². The summed E-state index contributed by atoms with van der Waals surface area (Å²) < 4.78 is 38.5. The molecule has 3 aromatic heterocycles. The van der Waals surface area contributed by atoms with Crippen molar-refractivity contribution < 1.29 is 17.5 Å². The van der Waals surface area contributed by atoms with Gasteiger partial charge in [0.15, 0.2) is 5.82 Å². The fourth-order valence-electron chi connectivity index (χ4n) is 3.63. The highest BCUT2D eigenvalue weighted by molar-refractivity contribution is 7.91. The van der Waals surface area contributed by atoms with Gasteiger partial charge in [-0.15, -0.1) is 11.3 Å². The van der Waals surface area contributed by atoms with Gasteiger partial charge in [-0.1, -0.05) is 28.5 Å². The maximum absolute atomic E-state index is 13.2. The molecule has 1 aliphatic rings. The van der Waals surface area contributed by atoms with Crippen molar-refractivity contribution in [2.75, 3.05) is 26.2 Å². The monoisotopic (exact) mass is 471 g/mol. The Balaban J connectivity index is 1.24. The number of benzene rings is 1. The number of sulfonamides is 1. The van der Waals surface area contributed by atoms with Crippen LogP contribution in [0.15, 0.2) is 68.0 Å². The van der Waals surface area contributed by atoms with E-state index in [1.807, 2.05) is 30.3 Å². The Kier molecular flexibility index (Phi) is 5.87. The van der Waals surface area contributed by atoms with Crippen molar-refractivity contribution in [2.45, 2.75) is 17.2 Å². The first kappa shape index (κ1) is 21.0. The molecular weight excluding hydrogens is 450 g/mol. The van der Waals surface area contributed by atoms with Gasteiger partial charge in [-0.3, -0.25) is 4.90 Å². The van der Waals surface area contributed by atoms with Crippen LogP contribution >= 0.6 is 11.3 Å². The highest BCUT2D eigenvalue weighted by Crippen LogP contribution is 2.31. The molecule has 1 aliphatic heterocycles. The molecule has 0 saturated carbocycles. The van der Waals surface area contributed by atoms with E-state index < -0.39 is 10.0 Å². The lowest BCUT2D eigenvalue weighted by atomic mass is 10.2. The summed E-state index contributed by atoms with van der Waals surface area (Å²) in [6.45, 7) is 2.74. The lowest BCUT2D eigenvalue weighted by Crippen LogP contribution is -2.34. The minimum atomic E-state index is -3.57. The number of nitrogens with zero attached hydrogens (tertiary/aromatic N) is 5. The van der Waals surface area contributed by atoms with Crippen molar-refractivity contribution in [3.63, 3.8) is 0 Å². The van der Waals surface area contributed by atoms with E-state index in [2.05, 4.69) is 20.2 Å². The Morgan fingerprint density at radius 2 is 1.84 bits per heavy atom. The molecule has 11 heteroatoms. The molecule has 0 unspecified atom stereocenters. The number of aromatic nitrogens is 3. The van der Waals surface area contributed by atoms with Gasteiger partial charge in [-0.2, -0.15) is 9.29 Å². The average molecular weight is 472 g/mol. The normalized spacial score (nSPS) is 16.2. The first-order valence-electron chi connectivity index (χ1n) is 10.2. The quantitative estimate of drug-likeness (QED) is 0.422. The summed E-state index contributed by atoms with van der Waals surface area (Å²) >= 11 is 1.20. The van der Waals surface area contributed by atoms with Crippen LogP contribution in [0.25, 0.3) is 22.0 Å². The Hall–Kier alpha value is -2.86. The van der Waals surface area contributed by atoms with E-state index in [4.69, 9.17) is 9.05 Å². The van der Waals surface area contributed by atoms with E-state index in [-0.39, 0.29) is 0 Å². The zero-order chi connectivity index (χ0) is 22.0. The molecule has 4 aromatic rings. The van der Waals surface area contributed by atoms with Crippen LogP contribution in [0.5, 0.6) is 0 Å². The second-order valence-electron chi connectivity index (χ2n) is 7.42. The molecule has 166 valence electrons. The van der Waals surface area contributed by atoms with Crippen LogP contribution in [0.4, 0.5) is 0 Å². The third-order valence-corrected chi connectivity index (χ3v) is 8.74. The molecule has 32 heavy (non-hydrogen) atoms. The molecule has 1 saturated heterocycles. The summed E-state index contributed by atoms with van der Waals surface area (Å²) in [5.41, 5.74) is 1.51. The number of rotatable bonds is 6. The zero-order valence-corrected chi connectivity index (χ0v) is 18.8. The Morgan fingerprint density at radius 1 is 0.969 bits per heavy atom. The maximum Gasteiger partial charge on any atom is 0.257 e. The molecule has 4 heterocycles. The fourth-order valence-corrected chi connectivity index (χ4v) is 6.52. The standard InChI is InChI=1S/C21H21N5O4S2/c27-32(28,20-8-7-18(31-20)17-9-14-29-23-17)26-11-4-10-25(12-13-26)15-19-22-21(30-24-19)16-5-2-1-3-6-16/h1-3,5-9,14H,4,10-13,15H2. The van der Waals surface area contributed by atoms with Gasteiger partial charge in [0.05, 0.1) is 11.4 Å². The van der Waals surface area contributed by atoms with Gasteiger partial charge in [-0.05, 0) is 37.2 Å². The number of hydrogen-bond donors (Lipinski definition) is 0. The third-order valence-electron chi connectivity index (χ3n) is 5.27. The van der Waals surface area contributed by atoms with Crippen molar-refractivity contribution in [2.24, 2.45) is 0 Å². The lowest BCUT2D eigenvalue weighted by Gasteiger charge is -2.20. The number of hydrogen-bond acceptors (Lipinski definition) is 9.